The van der Waals surface area contributed by atoms with E-state index in [0.29, 0.717) is 6.54 Å². The van der Waals surface area contributed by atoms with Crippen LogP contribution >= 0.6 is 23.2 Å². The van der Waals surface area contributed by atoms with Gasteiger partial charge < -0.3 is 15.5 Å². The van der Waals surface area contributed by atoms with E-state index in [4.69, 9.17) is 23.2 Å². The lowest BCUT2D eigenvalue weighted by Crippen LogP contribution is -2.39. The predicted molar refractivity (Wildman–Crippen MR) is 71.5 cm³/mol. The van der Waals surface area contributed by atoms with Crippen LogP contribution in [0, 0.1) is 0 Å². The highest BCUT2D eigenvalue weighted by Gasteiger charge is 2.12. The summed E-state index contributed by atoms with van der Waals surface area (Å²) in [6, 6.07) is 1.09. The van der Waals surface area contributed by atoms with Crippen LogP contribution in [0.5, 0.6) is 0 Å². The van der Waals surface area contributed by atoms with Gasteiger partial charge in [0.25, 0.3) is 5.91 Å². The van der Waals surface area contributed by atoms with Crippen LogP contribution in [0.1, 0.15) is 10.4 Å². The van der Waals surface area contributed by atoms with Crippen molar-refractivity contribution < 1.29 is 9.59 Å². The Morgan fingerprint density at radius 2 is 1.84 bits per heavy atom. The third kappa shape index (κ3) is 4.88. The van der Waals surface area contributed by atoms with E-state index < -0.39 is 5.91 Å². The van der Waals surface area contributed by atoms with Gasteiger partial charge in [0.05, 0.1) is 5.56 Å². The van der Waals surface area contributed by atoms with E-state index in [-0.39, 0.29) is 28.4 Å². The fourth-order valence-electron chi connectivity index (χ4n) is 1.11. The molecular weight excluding hydrogens is 293 g/mol. The lowest BCUT2D eigenvalue weighted by molar-refractivity contribution is 0.0953. The first kappa shape index (κ1) is 15.5. The van der Waals surface area contributed by atoms with Gasteiger partial charge in [0.2, 0.25) is 0 Å². The van der Waals surface area contributed by atoms with E-state index in [1.54, 1.807) is 14.1 Å². The molecule has 0 unspecified atom stereocenters. The smallest absolute Gasteiger partial charge is 0.316 e. The van der Waals surface area contributed by atoms with Crippen molar-refractivity contribution in [2.45, 2.75) is 0 Å². The van der Waals surface area contributed by atoms with E-state index >= 15 is 0 Å². The van der Waals surface area contributed by atoms with Gasteiger partial charge in [-0.05, 0) is 6.07 Å². The van der Waals surface area contributed by atoms with Crippen LogP contribution < -0.4 is 10.6 Å². The maximum absolute atomic E-state index is 11.8. The summed E-state index contributed by atoms with van der Waals surface area (Å²) in [5.74, 6) is -0.430. The zero-order valence-corrected chi connectivity index (χ0v) is 11.9. The van der Waals surface area contributed by atoms with Crippen LogP contribution in [-0.2, 0) is 0 Å². The number of hydrogen-bond donors (Lipinski definition) is 2. The van der Waals surface area contributed by atoms with Crippen molar-refractivity contribution >= 4 is 35.1 Å². The van der Waals surface area contributed by atoms with E-state index in [0.717, 1.165) is 0 Å². The Balaban J connectivity index is 2.44. The highest BCUT2D eigenvalue weighted by molar-refractivity contribution is 6.34. The minimum atomic E-state index is -0.430. The minimum absolute atomic E-state index is 0.0285. The molecule has 0 aliphatic carbocycles. The second kappa shape index (κ2) is 7.10. The Bertz CT molecular complexity index is 481. The number of nitrogens with one attached hydrogen (secondary N) is 2. The highest BCUT2D eigenvalue weighted by atomic mass is 35.5. The molecule has 1 heterocycles. The van der Waals surface area contributed by atoms with Crippen LogP contribution in [-0.4, -0.2) is 54.2 Å². The topological polar surface area (TPSA) is 87.2 Å². The Morgan fingerprint density at radius 3 is 2.47 bits per heavy atom. The molecule has 0 saturated heterocycles. The summed E-state index contributed by atoms with van der Waals surface area (Å²) < 4.78 is 0. The number of carbonyl (C=O) groups excluding carboxylic acids is 2. The minimum Gasteiger partial charge on any atom is -0.350 e. The third-order valence-corrected chi connectivity index (χ3v) is 2.52. The lowest BCUT2D eigenvalue weighted by atomic mass is 10.3. The molecule has 0 fully saturated rings. The number of rotatable bonds is 4. The number of carbonyl (C=O) groups is 2. The molecule has 3 amide bonds. The van der Waals surface area contributed by atoms with E-state index in [2.05, 4.69) is 20.8 Å². The first-order chi connectivity index (χ1) is 8.91. The zero-order valence-electron chi connectivity index (χ0n) is 10.4. The van der Waals surface area contributed by atoms with Crippen molar-refractivity contribution in [1.82, 2.24) is 25.7 Å². The maximum atomic E-state index is 11.8. The average Bonchev–Trinajstić information content (AvgIpc) is 2.36. The molecule has 0 aliphatic heterocycles. The summed E-state index contributed by atoms with van der Waals surface area (Å²) in [7, 11) is 3.25. The molecule has 0 aliphatic rings. The van der Waals surface area contributed by atoms with Crippen molar-refractivity contribution in [1.29, 1.82) is 0 Å². The maximum Gasteiger partial charge on any atom is 0.316 e. The second-order valence-electron chi connectivity index (χ2n) is 3.75. The number of hydrogen-bond acceptors (Lipinski definition) is 4. The van der Waals surface area contributed by atoms with Crippen molar-refractivity contribution in [3.05, 3.63) is 21.9 Å². The Morgan fingerprint density at radius 1 is 1.21 bits per heavy atom. The van der Waals surface area contributed by atoms with Crippen molar-refractivity contribution in [3.63, 3.8) is 0 Å². The number of halogens is 2. The van der Waals surface area contributed by atoms with Crippen molar-refractivity contribution in [2.75, 3.05) is 27.2 Å². The average molecular weight is 306 g/mol. The van der Waals surface area contributed by atoms with Crippen molar-refractivity contribution in [3.8, 4) is 0 Å². The lowest BCUT2D eigenvalue weighted by Gasteiger charge is -2.12. The monoisotopic (exact) mass is 305 g/mol. The fraction of sp³-hybridized carbons (Fsp3) is 0.400. The van der Waals surface area contributed by atoms with E-state index in [1.807, 2.05) is 0 Å². The molecule has 0 aromatic carbocycles. The van der Waals surface area contributed by atoms with Crippen LogP contribution in [0.4, 0.5) is 4.79 Å². The molecule has 0 radical (unpaired) electrons. The van der Waals surface area contributed by atoms with Gasteiger partial charge in [0.15, 0.2) is 10.3 Å². The number of nitrogens with zero attached hydrogens (tertiary/aromatic N) is 3. The molecule has 1 aromatic rings. The van der Waals surface area contributed by atoms with E-state index in [9.17, 15) is 9.59 Å². The summed E-state index contributed by atoms with van der Waals surface area (Å²) in [6.45, 7) is 0.557. The summed E-state index contributed by atoms with van der Waals surface area (Å²) >= 11 is 11.4. The molecule has 2 N–H and O–H groups in total. The third-order valence-electron chi connectivity index (χ3n) is 2.06. The number of urea groups is 1. The van der Waals surface area contributed by atoms with Gasteiger partial charge in [-0.2, -0.15) is 0 Å². The molecule has 1 aromatic heterocycles. The quantitative estimate of drug-likeness (QED) is 0.805. The van der Waals surface area contributed by atoms with Gasteiger partial charge >= 0.3 is 6.03 Å². The molecule has 1 rings (SSSR count). The summed E-state index contributed by atoms with van der Waals surface area (Å²) in [6.07, 6.45) is 0. The van der Waals surface area contributed by atoms with Gasteiger partial charge in [-0.15, -0.1) is 10.2 Å². The van der Waals surface area contributed by atoms with Gasteiger partial charge in [-0.25, -0.2) is 4.79 Å². The van der Waals surface area contributed by atoms with Crippen LogP contribution in [0.2, 0.25) is 10.3 Å². The molecule has 0 saturated carbocycles. The predicted octanol–water partition coefficient (Wildman–Crippen LogP) is 0.784. The molecular formula is C10H13Cl2N5O2. The molecule has 0 bridgehead atoms. The van der Waals surface area contributed by atoms with Crippen LogP contribution in [0.15, 0.2) is 6.07 Å². The van der Waals surface area contributed by atoms with Crippen LogP contribution in [0.3, 0.4) is 0 Å². The molecule has 7 nitrogen and oxygen atoms in total. The molecule has 104 valence electrons. The molecule has 0 atom stereocenters. The zero-order chi connectivity index (χ0) is 14.4. The van der Waals surface area contributed by atoms with Gasteiger partial charge in [-0.3, -0.25) is 4.79 Å². The second-order valence-corrected chi connectivity index (χ2v) is 4.50. The standard InChI is InChI=1S/C10H13Cl2N5O2/c1-17(2)10(19)14-4-3-13-9(18)6-5-7(11)15-16-8(6)12/h5H,3-4H2,1-2H3,(H,13,18)(H,14,19). The SMILES string of the molecule is CN(C)C(=O)NCCNC(=O)c1cc(Cl)nnc1Cl. The molecule has 9 heteroatoms. The van der Waals surface area contributed by atoms with Gasteiger partial charge in [0.1, 0.15) is 0 Å². The Labute approximate surface area is 120 Å². The molecule has 0 spiro atoms. The Hall–Kier alpha value is -1.60. The van der Waals surface area contributed by atoms with Crippen LogP contribution in [0.25, 0.3) is 0 Å². The van der Waals surface area contributed by atoms with E-state index in [1.165, 1.54) is 11.0 Å². The summed E-state index contributed by atoms with van der Waals surface area (Å²) in [5, 5.41) is 12.3. The highest BCUT2D eigenvalue weighted by Crippen LogP contribution is 2.14. The van der Waals surface area contributed by atoms with Crippen molar-refractivity contribution in [2.24, 2.45) is 0 Å². The summed E-state index contributed by atoms with van der Waals surface area (Å²) in [5.41, 5.74) is 0.139. The summed E-state index contributed by atoms with van der Waals surface area (Å²) in [4.78, 5) is 24.3. The molecule has 19 heavy (non-hydrogen) atoms. The number of amides is 3. The first-order valence-corrected chi connectivity index (χ1v) is 6.09. The normalized spacial score (nSPS) is 9.89. The number of aromatic nitrogens is 2. The largest absolute Gasteiger partial charge is 0.350 e. The van der Waals surface area contributed by atoms with Gasteiger partial charge in [-0.1, -0.05) is 23.2 Å². The fourth-order valence-corrected chi connectivity index (χ4v) is 1.44. The first-order valence-electron chi connectivity index (χ1n) is 5.34. The Kier molecular flexibility index (Phi) is 5.78. The van der Waals surface area contributed by atoms with Gasteiger partial charge in [0, 0.05) is 27.2 Å².